The van der Waals surface area contributed by atoms with Crippen LogP contribution in [0.15, 0.2) is 16.6 Å². The van der Waals surface area contributed by atoms with Crippen LogP contribution in [0.2, 0.25) is 0 Å². The molecule has 0 saturated heterocycles. The SMILES string of the molecule is COc1c(F)cc(Br)cc1C(C)(C)ON. The van der Waals surface area contributed by atoms with Crippen molar-refractivity contribution in [1.82, 2.24) is 0 Å². The summed E-state index contributed by atoms with van der Waals surface area (Å²) in [4.78, 5) is 4.81. The Morgan fingerprint density at radius 2 is 2.00 bits per heavy atom. The van der Waals surface area contributed by atoms with Crippen molar-refractivity contribution in [1.29, 1.82) is 0 Å². The maximum atomic E-state index is 13.5. The van der Waals surface area contributed by atoms with E-state index in [0.717, 1.165) is 0 Å². The highest BCUT2D eigenvalue weighted by Crippen LogP contribution is 2.35. The van der Waals surface area contributed by atoms with Gasteiger partial charge in [-0.2, -0.15) is 0 Å². The van der Waals surface area contributed by atoms with Gasteiger partial charge in [-0.15, -0.1) is 0 Å². The standard InChI is InChI=1S/C10H13BrFNO2/c1-10(2,15-13)7-4-6(11)5-8(12)9(7)14-3/h4-5H,13H2,1-3H3. The maximum Gasteiger partial charge on any atom is 0.166 e. The van der Waals surface area contributed by atoms with Gasteiger partial charge in [0.1, 0.15) is 5.60 Å². The van der Waals surface area contributed by atoms with E-state index in [1.807, 2.05) is 0 Å². The minimum Gasteiger partial charge on any atom is -0.493 e. The third-order valence-corrected chi connectivity index (χ3v) is 2.61. The summed E-state index contributed by atoms with van der Waals surface area (Å²) in [6.07, 6.45) is 0. The van der Waals surface area contributed by atoms with Crippen molar-refractivity contribution in [3.8, 4) is 5.75 Å². The molecule has 0 spiro atoms. The van der Waals surface area contributed by atoms with Crippen LogP contribution in [0.5, 0.6) is 5.75 Å². The summed E-state index contributed by atoms with van der Waals surface area (Å²) in [6.45, 7) is 3.47. The molecule has 0 aliphatic carbocycles. The van der Waals surface area contributed by atoms with Gasteiger partial charge in [0.05, 0.1) is 7.11 Å². The monoisotopic (exact) mass is 277 g/mol. The van der Waals surface area contributed by atoms with E-state index in [-0.39, 0.29) is 5.75 Å². The zero-order valence-electron chi connectivity index (χ0n) is 8.80. The fourth-order valence-electron chi connectivity index (χ4n) is 1.28. The lowest BCUT2D eigenvalue weighted by molar-refractivity contribution is -0.0254. The van der Waals surface area contributed by atoms with E-state index < -0.39 is 11.4 Å². The van der Waals surface area contributed by atoms with E-state index >= 15 is 0 Å². The molecule has 0 fully saturated rings. The van der Waals surface area contributed by atoms with Gasteiger partial charge in [0, 0.05) is 10.0 Å². The smallest absolute Gasteiger partial charge is 0.166 e. The first-order valence-electron chi connectivity index (χ1n) is 4.33. The molecular weight excluding hydrogens is 265 g/mol. The van der Waals surface area contributed by atoms with Crippen LogP contribution in [0, 0.1) is 5.82 Å². The summed E-state index contributed by atoms with van der Waals surface area (Å²) in [6, 6.07) is 3.05. The Hall–Kier alpha value is -0.650. The van der Waals surface area contributed by atoms with E-state index in [4.69, 9.17) is 15.5 Å². The number of methoxy groups -OCH3 is 1. The molecule has 0 atom stereocenters. The lowest BCUT2D eigenvalue weighted by Crippen LogP contribution is -2.26. The number of ether oxygens (including phenoxy) is 1. The molecule has 1 aromatic rings. The topological polar surface area (TPSA) is 44.5 Å². The zero-order valence-corrected chi connectivity index (χ0v) is 10.4. The van der Waals surface area contributed by atoms with E-state index in [0.29, 0.717) is 10.0 Å². The predicted octanol–water partition coefficient (Wildman–Crippen LogP) is 2.72. The first kappa shape index (κ1) is 12.4. The third-order valence-electron chi connectivity index (χ3n) is 2.16. The highest BCUT2D eigenvalue weighted by atomic mass is 79.9. The van der Waals surface area contributed by atoms with Crippen LogP contribution in [0.4, 0.5) is 4.39 Å². The van der Waals surface area contributed by atoms with Crippen molar-refractivity contribution in [3.63, 3.8) is 0 Å². The molecule has 0 saturated carbocycles. The highest BCUT2D eigenvalue weighted by molar-refractivity contribution is 9.10. The molecule has 15 heavy (non-hydrogen) atoms. The summed E-state index contributed by atoms with van der Waals surface area (Å²) in [7, 11) is 1.41. The minimum absolute atomic E-state index is 0.147. The minimum atomic E-state index is -0.810. The number of rotatable bonds is 3. The van der Waals surface area contributed by atoms with Crippen molar-refractivity contribution in [2.24, 2.45) is 5.90 Å². The predicted molar refractivity (Wildman–Crippen MR) is 59.0 cm³/mol. The molecule has 3 nitrogen and oxygen atoms in total. The lowest BCUT2D eigenvalue weighted by Gasteiger charge is -2.24. The van der Waals surface area contributed by atoms with Crippen LogP contribution in [-0.2, 0) is 10.4 Å². The molecule has 0 radical (unpaired) electrons. The summed E-state index contributed by atoms with van der Waals surface area (Å²) in [5.41, 5.74) is -0.255. The molecule has 84 valence electrons. The second-order valence-electron chi connectivity index (χ2n) is 3.60. The van der Waals surface area contributed by atoms with Crippen LogP contribution < -0.4 is 10.6 Å². The molecular formula is C10H13BrFNO2. The van der Waals surface area contributed by atoms with Gasteiger partial charge in [0.25, 0.3) is 0 Å². The van der Waals surface area contributed by atoms with Crippen LogP contribution >= 0.6 is 15.9 Å². The largest absolute Gasteiger partial charge is 0.493 e. The second-order valence-corrected chi connectivity index (χ2v) is 4.51. The molecule has 0 bridgehead atoms. The molecule has 0 aliphatic heterocycles. The van der Waals surface area contributed by atoms with Gasteiger partial charge in [-0.3, -0.25) is 4.84 Å². The first-order chi connectivity index (χ1) is 6.92. The average molecular weight is 278 g/mol. The van der Waals surface area contributed by atoms with Crippen molar-refractivity contribution < 1.29 is 14.0 Å². The van der Waals surface area contributed by atoms with E-state index in [2.05, 4.69) is 15.9 Å². The number of hydrogen-bond donors (Lipinski definition) is 1. The Kier molecular flexibility index (Phi) is 3.70. The first-order valence-corrected chi connectivity index (χ1v) is 5.13. The summed E-state index contributed by atoms with van der Waals surface area (Å²) >= 11 is 3.21. The zero-order chi connectivity index (χ0) is 11.6. The normalized spacial score (nSPS) is 11.6. The molecule has 1 aromatic carbocycles. The van der Waals surface area contributed by atoms with Crippen LogP contribution in [0.3, 0.4) is 0 Å². The fourth-order valence-corrected chi connectivity index (χ4v) is 1.71. The van der Waals surface area contributed by atoms with Crippen molar-refractivity contribution in [2.45, 2.75) is 19.4 Å². The molecule has 0 aromatic heterocycles. The van der Waals surface area contributed by atoms with E-state index in [1.54, 1.807) is 19.9 Å². The molecule has 2 N–H and O–H groups in total. The number of benzene rings is 1. The Balaban J connectivity index is 3.39. The lowest BCUT2D eigenvalue weighted by atomic mass is 9.97. The van der Waals surface area contributed by atoms with E-state index in [9.17, 15) is 4.39 Å². The van der Waals surface area contributed by atoms with Crippen molar-refractivity contribution in [3.05, 3.63) is 28.0 Å². The fraction of sp³-hybridized carbons (Fsp3) is 0.400. The number of nitrogens with two attached hydrogens (primary N) is 1. The third kappa shape index (κ3) is 2.48. The summed E-state index contributed by atoms with van der Waals surface area (Å²) in [5, 5.41) is 0. The molecule has 5 heteroatoms. The Bertz CT molecular complexity index is 369. The maximum absolute atomic E-state index is 13.5. The van der Waals surface area contributed by atoms with Crippen molar-refractivity contribution in [2.75, 3.05) is 7.11 Å². The number of hydrogen-bond acceptors (Lipinski definition) is 3. The molecule has 0 unspecified atom stereocenters. The molecule has 0 amide bonds. The van der Waals surface area contributed by atoms with Gasteiger partial charge in [0.2, 0.25) is 0 Å². The number of halogens is 2. The Morgan fingerprint density at radius 3 is 2.47 bits per heavy atom. The summed E-state index contributed by atoms with van der Waals surface area (Å²) < 4.78 is 19.1. The van der Waals surface area contributed by atoms with Gasteiger partial charge >= 0.3 is 0 Å². The Labute approximate surface area is 96.4 Å². The van der Waals surface area contributed by atoms with E-state index in [1.165, 1.54) is 13.2 Å². The van der Waals surface area contributed by atoms with Crippen molar-refractivity contribution >= 4 is 15.9 Å². The van der Waals surface area contributed by atoms with Crippen LogP contribution in [-0.4, -0.2) is 7.11 Å². The summed E-state index contributed by atoms with van der Waals surface area (Å²) in [5.74, 6) is 4.86. The van der Waals surface area contributed by atoms with Gasteiger partial charge < -0.3 is 4.74 Å². The molecule has 0 heterocycles. The quantitative estimate of drug-likeness (QED) is 0.864. The van der Waals surface area contributed by atoms with Gasteiger partial charge in [-0.1, -0.05) is 15.9 Å². The molecule has 1 rings (SSSR count). The second kappa shape index (κ2) is 4.47. The van der Waals surface area contributed by atoms with Gasteiger partial charge in [-0.25, -0.2) is 10.3 Å². The molecule has 0 aliphatic rings. The highest BCUT2D eigenvalue weighted by Gasteiger charge is 2.27. The van der Waals surface area contributed by atoms with Gasteiger partial charge in [-0.05, 0) is 26.0 Å². The van der Waals surface area contributed by atoms with Crippen LogP contribution in [0.25, 0.3) is 0 Å². The van der Waals surface area contributed by atoms with Crippen LogP contribution in [0.1, 0.15) is 19.4 Å². The average Bonchev–Trinajstić information content (AvgIpc) is 2.16. The van der Waals surface area contributed by atoms with Gasteiger partial charge in [0.15, 0.2) is 11.6 Å². The Morgan fingerprint density at radius 1 is 1.40 bits per heavy atom.